The summed E-state index contributed by atoms with van der Waals surface area (Å²) in [7, 11) is 1.25. The van der Waals surface area contributed by atoms with Crippen LogP contribution < -0.4 is 15.0 Å². The maximum atomic E-state index is 11.8. The molecule has 1 N–H and O–H groups in total. The van der Waals surface area contributed by atoms with Gasteiger partial charge in [-0.15, -0.1) is 13.2 Å². The number of hydrogen-bond donors (Lipinski definition) is 1. The second-order valence-corrected chi connectivity index (χ2v) is 3.55. The SMILES string of the molecule is COc1c(I)cc(OC(F)(F)F)[nH]c1=O. The van der Waals surface area contributed by atoms with Crippen LogP contribution in [0.2, 0.25) is 0 Å². The summed E-state index contributed by atoms with van der Waals surface area (Å²) in [5, 5.41) is 0. The van der Waals surface area contributed by atoms with E-state index in [9.17, 15) is 18.0 Å². The minimum absolute atomic E-state index is 0.0508. The minimum atomic E-state index is -4.83. The third kappa shape index (κ3) is 3.29. The molecule has 0 fully saturated rings. The molecule has 84 valence electrons. The lowest BCUT2D eigenvalue weighted by atomic mass is 10.4. The highest BCUT2D eigenvalue weighted by Crippen LogP contribution is 2.24. The number of methoxy groups -OCH3 is 1. The first kappa shape index (κ1) is 12.1. The molecule has 0 aliphatic rings. The monoisotopic (exact) mass is 335 g/mol. The van der Waals surface area contributed by atoms with Crippen molar-refractivity contribution in [2.45, 2.75) is 6.36 Å². The average Bonchev–Trinajstić information content (AvgIpc) is 1.99. The number of nitrogens with one attached hydrogen (secondary N) is 1. The summed E-state index contributed by atoms with van der Waals surface area (Å²) in [6.45, 7) is 0. The number of aromatic nitrogens is 1. The first-order chi connectivity index (χ1) is 6.83. The van der Waals surface area contributed by atoms with Gasteiger partial charge in [-0.1, -0.05) is 0 Å². The van der Waals surface area contributed by atoms with Crippen LogP contribution in [0.25, 0.3) is 0 Å². The summed E-state index contributed by atoms with van der Waals surface area (Å²) in [5.41, 5.74) is -0.774. The standard InChI is InChI=1S/C7H5F3INO3/c1-14-5-3(11)2-4(12-6(5)13)15-7(8,9)10/h2H,1H3,(H,12,13). The molecule has 0 atom stereocenters. The lowest BCUT2D eigenvalue weighted by molar-refractivity contribution is -0.276. The first-order valence-electron chi connectivity index (χ1n) is 3.56. The number of halogens is 4. The fraction of sp³-hybridized carbons (Fsp3) is 0.286. The molecule has 8 heteroatoms. The van der Waals surface area contributed by atoms with Crippen molar-refractivity contribution in [3.63, 3.8) is 0 Å². The van der Waals surface area contributed by atoms with E-state index in [4.69, 9.17) is 0 Å². The van der Waals surface area contributed by atoms with Crippen molar-refractivity contribution in [3.05, 3.63) is 20.0 Å². The molecule has 4 nitrogen and oxygen atoms in total. The highest BCUT2D eigenvalue weighted by Gasteiger charge is 2.32. The summed E-state index contributed by atoms with van der Waals surface area (Å²) >= 11 is 1.67. The summed E-state index contributed by atoms with van der Waals surface area (Å²) in [4.78, 5) is 13.0. The van der Waals surface area contributed by atoms with E-state index >= 15 is 0 Å². The Morgan fingerprint density at radius 3 is 2.47 bits per heavy atom. The van der Waals surface area contributed by atoms with Gasteiger partial charge < -0.3 is 9.47 Å². The molecule has 1 aromatic heterocycles. The average molecular weight is 335 g/mol. The highest BCUT2D eigenvalue weighted by molar-refractivity contribution is 14.1. The number of alkyl halides is 3. The molecule has 0 saturated carbocycles. The Morgan fingerprint density at radius 2 is 2.07 bits per heavy atom. The normalized spacial score (nSPS) is 11.3. The van der Waals surface area contributed by atoms with E-state index in [1.807, 2.05) is 4.98 Å². The van der Waals surface area contributed by atoms with Crippen molar-refractivity contribution in [1.29, 1.82) is 0 Å². The largest absolute Gasteiger partial charge is 0.574 e. The molecule has 0 bridgehead atoms. The van der Waals surface area contributed by atoms with Crippen molar-refractivity contribution in [1.82, 2.24) is 4.98 Å². The van der Waals surface area contributed by atoms with Crippen LogP contribution in [0.5, 0.6) is 11.6 Å². The Bertz CT molecular complexity index is 415. The molecule has 1 aromatic rings. The lowest BCUT2D eigenvalue weighted by Crippen LogP contribution is -2.21. The van der Waals surface area contributed by atoms with E-state index in [0.29, 0.717) is 0 Å². The molecular weight excluding hydrogens is 330 g/mol. The molecule has 0 radical (unpaired) electrons. The van der Waals surface area contributed by atoms with Gasteiger partial charge in [-0.25, -0.2) is 0 Å². The molecule has 0 saturated heterocycles. The van der Waals surface area contributed by atoms with Crippen LogP contribution in [0, 0.1) is 3.57 Å². The molecule has 0 aliphatic carbocycles. The molecule has 0 aromatic carbocycles. The predicted molar refractivity (Wildman–Crippen MR) is 53.0 cm³/mol. The molecule has 1 rings (SSSR count). The van der Waals surface area contributed by atoms with Crippen LogP contribution in [0.1, 0.15) is 0 Å². The van der Waals surface area contributed by atoms with Gasteiger partial charge >= 0.3 is 6.36 Å². The van der Waals surface area contributed by atoms with Gasteiger partial charge in [-0.3, -0.25) is 9.78 Å². The zero-order valence-electron chi connectivity index (χ0n) is 7.31. The zero-order valence-corrected chi connectivity index (χ0v) is 9.47. The van der Waals surface area contributed by atoms with Crippen molar-refractivity contribution in [3.8, 4) is 11.6 Å². The van der Waals surface area contributed by atoms with E-state index < -0.39 is 17.8 Å². The van der Waals surface area contributed by atoms with E-state index in [2.05, 4.69) is 9.47 Å². The van der Waals surface area contributed by atoms with E-state index in [1.54, 1.807) is 22.6 Å². The van der Waals surface area contributed by atoms with Crippen LogP contribution in [0.3, 0.4) is 0 Å². The van der Waals surface area contributed by atoms with Gasteiger partial charge in [0, 0.05) is 6.07 Å². The maximum absolute atomic E-state index is 11.8. The van der Waals surface area contributed by atoms with Crippen molar-refractivity contribution < 1.29 is 22.6 Å². The number of rotatable bonds is 2. The van der Waals surface area contributed by atoms with Crippen molar-refractivity contribution in [2.75, 3.05) is 7.11 Å². The Morgan fingerprint density at radius 1 is 1.47 bits per heavy atom. The summed E-state index contributed by atoms with van der Waals surface area (Å²) < 4.78 is 43.9. The van der Waals surface area contributed by atoms with Crippen LogP contribution >= 0.6 is 22.6 Å². The number of aromatic amines is 1. The summed E-state index contributed by atoms with van der Waals surface area (Å²) in [5.74, 6) is -0.720. The third-order valence-corrected chi connectivity index (χ3v) is 2.15. The zero-order chi connectivity index (χ0) is 11.6. The number of H-pyrrole nitrogens is 1. The van der Waals surface area contributed by atoms with Crippen LogP contribution in [0.15, 0.2) is 10.9 Å². The topological polar surface area (TPSA) is 51.3 Å². The molecule has 0 aliphatic heterocycles. The number of pyridine rings is 1. The Balaban J connectivity index is 3.10. The third-order valence-electron chi connectivity index (χ3n) is 1.35. The fourth-order valence-corrected chi connectivity index (χ4v) is 1.61. The second kappa shape index (κ2) is 4.29. The van der Waals surface area contributed by atoms with Gasteiger partial charge in [-0.2, -0.15) is 0 Å². The molecule has 15 heavy (non-hydrogen) atoms. The smallest absolute Gasteiger partial charge is 0.490 e. The first-order valence-corrected chi connectivity index (χ1v) is 4.64. The fourth-order valence-electron chi connectivity index (χ4n) is 0.864. The predicted octanol–water partition coefficient (Wildman–Crippen LogP) is 1.89. The second-order valence-electron chi connectivity index (χ2n) is 2.39. The summed E-state index contributed by atoms with van der Waals surface area (Å²) in [6, 6.07) is 1.02. The quantitative estimate of drug-likeness (QED) is 0.840. The van der Waals surface area contributed by atoms with Crippen LogP contribution in [-0.2, 0) is 0 Å². The Hall–Kier alpha value is -0.930. The van der Waals surface area contributed by atoms with Gasteiger partial charge in [-0.05, 0) is 22.6 Å². The van der Waals surface area contributed by atoms with E-state index in [0.717, 1.165) is 6.07 Å². The van der Waals surface area contributed by atoms with Gasteiger partial charge in [0.05, 0.1) is 10.7 Å². The van der Waals surface area contributed by atoms with Crippen LogP contribution in [0.4, 0.5) is 13.2 Å². The molecule has 0 spiro atoms. The van der Waals surface area contributed by atoms with Crippen molar-refractivity contribution in [2.24, 2.45) is 0 Å². The Kier molecular flexibility index (Phi) is 3.47. The maximum Gasteiger partial charge on any atom is 0.574 e. The van der Waals surface area contributed by atoms with E-state index in [1.165, 1.54) is 7.11 Å². The molecule has 0 unspecified atom stereocenters. The summed E-state index contributed by atoms with van der Waals surface area (Å²) in [6.07, 6.45) is -4.83. The van der Waals surface area contributed by atoms with Gasteiger partial charge in [0.1, 0.15) is 0 Å². The minimum Gasteiger partial charge on any atom is -0.490 e. The number of ether oxygens (including phenoxy) is 2. The van der Waals surface area contributed by atoms with Crippen LogP contribution in [-0.4, -0.2) is 18.5 Å². The Labute approximate surface area is 95.5 Å². The molecule has 0 amide bonds. The molecular formula is C7H5F3INO3. The van der Waals surface area contributed by atoms with Gasteiger partial charge in [0.2, 0.25) is 5.88 Å². The number of hydrogen-bond acceptors (Lipinski definition) is 3. The van der Waals surface area contributed by atoms with Gasteiger partial charge in [0.25, 0.3) is 5.56 Å². The van der Waals surface area contributed by atoms with Gasteiger partial charge in [0.15, 0.2) is 5.75 Å². The van der Waals surface area contributed by atoms with Crippen molar-refractivity contribution >= 4 is 22.6 Å². The lowest BCUT2D eigenvalue weighted by Gasteiger charge is -2.09. The molecule has 1 heterocycles. The highest BCUT2D eigenvalue weighted by atomic mass is 127. The van der Waals surface area contributed by atoms with E-state index in [-0.39, 0.29) is 9.32 Å².